The summed E-state index contributed by atoms with van der Waals surface area (Å²) in [7, 11) is 4.54. The van der Waals surface area contributed by atoms with Crippen molar-refractivity contribution in [3.05, 3.63) is 53.7 Å². The average Bonchev–Trinajstić information content (AvgIpc) is 2.72. The minimum Gasteiger partial charge on any atom is -0.493 e. The maximum absolute atomic E-state index is 12.8. The van der Waals surface area contributed by atoms with Crippen LogP contribution >= 0.6 is 0 Å². The summed E-state index contributed by atoms with van der Waals surface area (Å²) in [5, 5.41) is 2.86. The van der Waals surface area contributed by atoms with Crippen LogP contribution in [0, 0.1) is 0 Å². The Hall–Kier alpha value is -3.48. The molecule has 3 rings (SSSR count). The van der Waals surface area contributed by atoms with Gasteiger partial charge in [-0.05, 0) is 17.2 Å². The smallest absolute Gasteiger partial charge is 0.226 e. The summed E-state index contributed by atoms with van der Waals surface area (Å²) in [5.41, 5.74) is 2.44. The lowest BCUT2D eigenvalue weighted by molar-refractivity contribution is -0.129. The van der Waals surface area contributed by atoms with Crippen molar-refractivity contribution in [2.45, 2.75) is 19.4 Å². The molecule has 29 heavy (non-hydrogen) atoms. The predicted octanol–water partition coefficient (Wildman–Crippen LogP) is 3.62. The number of carbonyl (C=O) groups excluding carboxylic acids is 2. The minimum absolute atomic E-state index is 0.109. The molecule has 7 heteroatoms. The van der Waals surface area contributed by atoms with Crippen molar-refractivity contribution >= 4 is 23.6 Å². The number of hydrogen-bond acceptors (Lipinski definition) is 5. The standard InChI is InChI=1S/C22H24N2O5/c1-14(25)24-10-9-15-7-5-6-8-17(15)18(24)13-21(26)23-16-11-19(27-2)22(29-4)20(12-16)28-3/h5-12,18H,13H2,1-4H3,(H,23,26). The van der Waals surface area contributed by atoms with Crippen LogP contribution in [0.4, 0.5) is 5.69 Å². The van der Waals surface area contributed by atoms with Crippen molar-refractivity contribution in [2.24, 2.45) is 0 Å². The molecule has 0 aliphatic carbocycles. The molecule has 1 N–H and O–H groups in total. The van der Waals surface area contributed by atoms with E-state index < -0.39 is 0 Å². The van der Waals surface area contributed by atoms with E-state index >= 15 is 0 Å². The number of methoxy groups -OCH3 is 3. The molecular weight excluding hydrogens is 372 g/mol. The Bertz CT molecular complexity index is 929. The molecule has 7 nitrogen and oxygen atoms in total. The molecule has 152 valence electrons. The zero-order valence-corrected chi connectivity index (χ0v) is 16.9. The summed E-state index contributed by atoms with van der Waals surface area (Å²) in [4.78, 5) is 26.5. The third kappa shape index (κ3) is 4.18. The van der Waals surface area contributed by atoms with Gasteiger partial charge in [0, 0.05) is 30.9 Å². The monoisotopic (exact) mass is 396 g/mol. The van der Waals surface area contributed by atoms with Crippen molar-refractivity contribution in [2.75, 3.05) is 26.6 Å². The number of amides is 2. The predicted molar refractivity (Wildman–Crippen MR) is 110 cm³/mol. The van der Waals surface area contributed by atoms with Gasteiger partial charge in [0.25, 0.3) is 0 Å². The van der Waals surface area contributed by atoms with E-state index in [0.29, 0.717) is 22.9 Å². The lowest BCUT2D eigenvalue weighted by Gasteiger charge is -2.32. The first-order chi connectivity index (χ1) is 14.0. The van der Waals surface area contributed by atoms with Crippen molar-refractivity contribution in [1.82, 2.24) is 4.90 Å². The number of nitrogens with zero attached hydrogens (tertiary/aromatic N) is 1. The first kappa shape index (κ1) is 20.3. The van der Waals surface area contributed by atoms with Gasteiger partial charge < -0.3 is 24.4 Å². The molecule has 2 amide bonds. The van der Waals surface area contributed by atoms with Gasteiger partial charge in [0.2, 0.25) is 17.6 Å². The quantitative estimate of drug-likeness (QED) is 0.807. The largest absolute Gasteiger partial charge is 0.493 e. The molecule has 0 bridgehead atoms. The van der Waals surface area contributed by atoms with E-state index in [1.54, 1.807) is 23.2 Å². The Balaban J connectivity index is 1.84. The van der Waals surface area contributed by atoms with Crippen molar-refractivity contribution < 1.29 is 23.8 Å². The van der Waals surface area contributed by atoms with Crippen LogP contribution in [-0.4, -0.2) is 38.0 Å². The third-order valence-corrected chi connectivity index (χ3v) is 4.80. The van der Waals surface area contributed by atoms with E-state index in [4.69, 9.17) is 14.2 Å². The fourth-order valence-corrected chi connectivity index (χ4v) is 3.45. The zero-order chi connectivity index (χ0) is 21.0. The van der Waals surface area contributed by atoms with E-state index in [0.717, 1.165) is 11.1 Å². The molecule has 2 aromatic carbocycles. The maximum atomic E-state index is 12.8. The molecule has 0 radical (unpaired) electrons. The SMILES string of the molecule is COc1cc(NC(=O)CC2c3ccccc3C=CN2C(C)=O)cc(OC)c1OC. The topological polar surface area (TPSA) is 77.1 Å². The van der Waals surface area contributed by atoms with Gasteiger partial charge in [0.05, 0.1) is 33.8 Å². The van der Waals surface area contributed by atoms with Gasteiger partial charge >= 0.3 is 0 Å². The Morgan fingerprint density at radius 1 is 1.03 bits per heavy atom. The molecule has 0 aromatic heterocycles. The maximum Gasteiger partial charge on any atom is 0.226 e. The summed E-state index contributed by atoms with van der Waals surface area (Å²) in [6.07, 6.45) is 3.71. The number of rotatable bonds is 6. The van der Waals surface area contributed by atoms with E-state index in [2.05, 4.69) is 5.32 Å². The molecule has 0 saturated carbocycles. The van der Waals surface area contributed by atoms with Gasteiger partial charge in [0.15, 0.2) is 11.5 Å². The highest BCUT2D eigenvalue weighted by Gasteiger charge is 2.28. The second-order valence-corrected chi connectivity index (χ2v) is 6.55. The van der Waals surface area contributed by atoms with Gasteiger partial charge in [0.1, 0.15) is 0 Å². The van der Waals surface area contributed by atoms with Crippen LogP contribution in [0.5, 0.6) is 17.2 Å². The number of nitrogens with one attached hydrogen (secondary N) is 1. The van der Waals surface area contributed by atoms with E-state index in [-0.39, 0.29) is 24.3 Å². The molecule has 1 aliphatic heterocycles. The van der Waals surface area contributed by atoms with Crippen LogP contribution in [0.3, 0.4) is 0 Å². The van der Waals surface area contributed by atoms with Crippen molar-refractivity contribution in [3.63, 3.8) is 0 Å². The number of carbonyl (C=O) groups is 2. The highest BCUT2D eigenvalue weighted by atomic mass is 16.5. The highest BCUT2D eigenvalue weighted by molar-refractivity contribution is 5.93. The number of benzene rings is 2. The minimum atomic E-state index is -0.379. The molecule has 1 unspecified atom stereocenters. The van der Waals surface area contributed by atoms with Crippen LogP contribution in [0.1, 0.15) is 30.5 Å². The van der Waals surface area contributed by atoms with Gasteiger partial charge in [-0.15, -0.1) is 0 Å². The first-order valence-electron chi connectivity index (χ1n) is 9.14. The van der Waals surface area contributed by atoms with Crippen LogP contribution in [0.2, 0.25) is 0 Å². The average molecular weight is 396 g/mol. The summed E-state index contributed by atoms with van der Waals surface area (Å²) in [6.45, 7) is 1.49. The summed E-state index contributed by atoms with van der Waals surface area (Å²) >= 11 is 0. The van der Waals surface area contributed by atoms with Crippen molar-refractivity contribution in [1.29, 1.82) is 0 Å². The Morgan fingerprint density at radius 3 is 2.28 bits per heavy atom. The highest BCUT2D eigenvalue weighted by Crippen LogP contribution is 2.40. The van der Waals surface area contributed by atoms with Crippen LogP contribution in [0.15, 0.2) is 42.6 Å². The molecule has 2 aromatic rings. The number of hydrogen-bond donors (Lipinski definition) is 1. The molecule has 1 aliphatic rings. The molecule has 0 saturated heterocycles. The van der Waals surface area contributed by atoms with Gasteiger partial charge in [-0.1, -0.05) is 24.3 Å². The van der Waals surface area contributed by atoms with E-state index in [9.17, 15) is 9.59 Å². The lowest BCUT2D eigenvalue weighted by Crippen LogP contribution is -2.33. The normalized spacial score (nSPS) is 14.8. The Labute approximate surface area is 169 Å². The molecule has 0 fully saturated rings. The first-order valence-corrected chi connectivity index (χ1v) is 9.14. The molecule has 1 heterocycles. The molecule has 0 spiro atoms. The second-order valence-electron chi connectivity index (χ2n) is 6.55. The number of anilines is 1. The van der Waals surface area contributed by atoms with E-state index in [1.165, 1.54) is 28.3 Å². The van der Waals surface area contributed by atoms with Crippen LogP contribution in [-0.2, 0) is 9.59 Å². The number of fused-ring (bicyclic) bond motifs is 1. The molecule has 1 atom stereocenters. The summed E-state index contributed by atoms with van der Waals surface area (Å²) < 4.78 is 16.0. The summed E-state index contributed by atoms with van der Waals surface area (Å²) in [6, 6.07) is 10.7. The Morgan fingerprint density at radius 2 is 1.69 bits per heavy atom. The third-order valence-electron chi connectivity index (χ3n) is 4.80. The lowest BCUT2D eigenvalue weighted by atomic mass is 9.93. The van der Waals surface area contributed by atoms with Crippen LogP contribution in [0.25, 0.3) is 6.08 Å². The fraction of sp³-hybridized carbons (Fsp3) is 0.273. The Kier molecular flexibility index (Phi) is 6.07. The van der Waals surface area contributed by atoms with E-state index in [1.807, 2.05) is 30.3 Å². The molecular formula is C22H24N2O5. The van der Waals surface area contributed by atoms with Crippen LogP contribution < -0.4 is 19.5 Å². The second kappa shape index (κ2) is 8.68. The number of ether oxygens (including phenoxy) is 3. The summed E-state index contributed by atoms with van der Waals surface area (Å²) in [5.74, 6) is 0.973. The van der Waals surface area contributed by atoms with Crippen molar-refractivity contribution in [3.8, 4) is 17.2 Å². The fourth-order valence-electron chi connectivity index (χ4n) is 3.45. The van der Waals surface area contributed by atoms with Gasteiger partial charge in [-0.3, -0.25) is 9.59 Å². The van der Waals surface area contributed by atoms with Gasteiger partial charge in [-0.25, -0.2) is 0 Å². The zero-order valence-electron chi connectivity index (χ0n) is 16.9. The van der Waals surface area contributed by atoms with Gasteiger partial charge in [-0.2, -0.15) is 0 Å².